The Morgan fingerprint density at radius 1 is 1.17 bits per heavy atom. The number of hydrogen-bond donors (Lipinski definition) is 0. The summed E-state index contributed by atoms with van der Waals surface area (Å²) in [5.74, 6) is 0. The summed E-state index contributed by atoms with van der Waals surface area (Å²) in [5.41, 5.74) is 0. The standard InChI is InChI=1S/C8H23NOSi2/c1-7(2)9(8(3)4)12(6)10-11-5/h7-8,12H,11H2,1-6H3. The molecule has 0 N–H and O–H groups in total. The monoisotopic (exact) mass is 205 g/mol. The van der Waals surface area contributed by atoms with Crippen LogP contribution in [0.2, 0.25) is 13.1 Å². The van der Waals surface area contributed by atoms with Crippen molar-refractivity contribution in [3.05, 3.63) is 0 Å². The van der Waals surface area contributed by atoms with Gasteiger partial charge in [0.2, 0.25) is 9.20 Å². The molecule has 74 valence electrons. The zero-order valence-electron chi connectivity index (χ0n) is 9.29. The van der Waals surface area contributed by atoms with Crippen molar-refractivity contribution in [2.75, 3.05) is 0 Å². The molecule has 0 saturated heterocycles. The van der Waals surface area contributed by atoms with Crippen molar-refractivity contribution in [2.24, 2.45) is 0 Å². The summed E-state index contributed by atoms with van der Waals surface area (Å²) in [6, 6.07) is 1.26. The maximum atomic E-state index is 5.83. The van der Waals surface area contributed by atoms with Crippen LogP contribution in [0.4, 0.5) is 0 Å². The van der Waals surface area contributed by atoms with Crippen LogP contribution in [0.1, 0.15) is 27.7 Å². The third-order valence-corrected chi connectivity index (χ3v) is 7.32. The van der Waals surface area contributed by atoms with Crippen molar-refractivity contribution in [1.29, 1.82) is 0 Å². The number of hydrogen-bond acceptors (Lipinski definition) is 2. The smallest absolute Gasteiger partial charge is 0.241 e. The summed E-state index contributed by atoms with van der Waals surface area (Å²) in [6.07, 6.45) is 0. The minimum atomic E-state index is -1.04. The molecule has 0 aromatic rings. The highest BCUT2D eigenvalue weighted by Gasteiger charge is 2.21. The summed E-state index contributed by atoms with van der Waals surface area (Å²) in [4.78, 5) is 0. The molecule has 0 aliphatic rings. The Hall–Kier alpha value is 0.354. The van der Waals surface area contributed by atoms with Gasteiger partial charge in [0.1, 0.15) is 9.76 Å². The first-order chi connectivity index (χ1) is 5.50. The Balaban J connectivity index is 4.09. The van der Waals surface area contributed by atoms with E-state index in [1.54, 1.807) is 0 Å². The molecular weight excluding hydrogens is 182 g/mol. The maximum Gasteiger partial charge on any atom is 0.241 e. The van der Waals surface area contributed by atoms with Crippen molar-refractivity contribution < 1.29 is 4.12 Å². The minimum Gasteiger partial charge on any atom is -0.452 e. The first kappa shape index (κ1) is 12.4. The quantitative estimate of drug-likeness (QED) is 0.623. The van der Waals surface area contributed by atoms with Gasteiger partial charge in [0.05, 0.1) is 0 Å². The molecule has 4 heteroatoms. The van der Waals surface area contributed by atoms with E-state index in [0.717, 1.165) is 0 Å². The third kappa shape index (κ3) is 3.84. The molecule has 1 atom stereocenters. The predicted molar refractivity (Wildman–Crippen MR) is 60.6 cm³/mol. The van der Waals surface area contributed by atoms with Crippen LogP contribution >= 0.6 is 0 Å². The molecule has 0 bridgehead atoms. The highest BCUT2D eigenvalue weighted by Crippen LogP contribution is 2.08. The molecular formula is C8H23NOSi2. The lowest BCUT2D eigenvalue weighted by Crippen LogP contribution is -2.48. The Labute approximate surface area is 81.0 Å². The average molecular weight is 205 g/mol. The van der Waals surface area contributed by atoms with Gasteiger partial charge in [-0.1, -0.05) is 34.2 Å². The van der Waals surface area contributed by atoms with E-state index in [0.29, 0.717) is 12.1 Å². The molecule has 0 radical (unpaired) electrons. The molecule has 0 aromatic heterocycles. The van der Waals surface area contributed by atoms with Crippen LogP contribution in [0.15, 0.2) is 0 Å². The van der Waals surface area contributed by atoms with Gasteiger partial charge in [-0.3, -0.25) is 0 Å². The van der Waals surface area contributed by atoms with Crippen molar-refractivity contribution in [1.82, 2.24) is 4.57 Å². The molecule has 0 rings (SSSR count). The zero-order valence-corrected chi connectivity index (χ0v) is 11.9. The zero-order chi connectivity index (χ0) is 9.72. The average Bonchev–Trinajstić information content (AvgIpc) is 1.85. The highest BCUT2D eigenvalue weighted by atomic mass is 28.4. The van der Waals surface area contributed by atoms with Crippen LogP contribution in [-0.4, -0.2) is 35.6 Å². The van der Waals surface area contributed by atoms with Gasteiger partial charge in [0.25, 0.3) is 0 Å². The van der Waals surface area contributed by atoms with Gasteiger partial charge in [0, 0.05) is 0 Å². The van der Waals surface area contributed by atoms with E-state index in [4.69, 9.17) is 4.12 Å². The number of rotatable bonds is 5. The van der Waals surface area contributed by atoms with Crippen molar-refractivity contribution in [3.8, 4) is 0 Å². The summed E-state index contributed by atoms with van der Waals surface area (Å²) in [6.45, 7) is 13.5. The molecule has 0 heterocycles. The van der Waals surface area contributed by atoms with Gasteiger partial charge in [-0.05, 0) is 18.6 Å². The van der Waals surface area contributed by atoms with E-state index in [-0.39, 0.29) is 9.76 Å². The fraction of sp³-hybridized carbons (Fsp3) is 1.00. The summed E-state index contributed by atoms with van der Waals surface area (Å²) >= 11 is 0. The third-order valence-electron chi connectivity index (χ3n) is 2.02. The SMILES string of the molecule is C[SiH2]O[SiH](C)N(C(C)C)C(C)C. The Kier molecular flexibility index (Phi) is 6.08. The van der Waals surface area contributed by atoms with E-state index in [2.05, 4.69) is 45.4 Å². The second-order valence-electron chi connectivity index (χ2n) is 3.69. The van der Waals surface area contributed by atoms with Gasteiger partial charge in [-0.25, -0.2) is 0 Å². The maximum absolute atomic E-state index is 5.83. The highest BCUT2D eigenvalue weighted by molar-refractivity contribution is 6.54. The lowest BCUT2D eigenvalue weighted by Gasteiger charge is -2.35. The van der Waals surface area contributed by atoms with E-state index < -0.39 is 9.20 Å². The van der Waals surface area contributed by atoms with E-state index >= 15 is 0 Å². The van der Waals surface area contributed by atoms with Crippen LogP contribution in [0, 0.1) is 0 Å². The predicted octanol–water partition coefficient (Wildman–Crippen LogP) is 1.10. The molecule has 0 aromatic carbocycles. The Bertz CT molecular complexity index is 112. The first-order valence-electron chi connectivity index (χ1n) is 4.89. The lowest BCUT2D eigenvalue weighted by atomic mass is 10.3. The molecule has 0 spiro atoms. The summed E-state index contributed by atoms with van der Waals surface area (Å²) in [5, 5.41) is 0. The molecule has 2 nitrogen and oxygen atoms in total. The van der Waals surface area contributed by atoms with E-state index in [1.165, 1.54) is 0 Å². The van der Waals surface area contributed by atoms with Crippen molar-refractivity contribution in [3.63, 3.8) is 0 Å². The normalized spacial score (nSPS) is 15.8. The summed E-state index contributed by atoms with van der Waals surface area (Å²) < 4.78 is 8.37. The van der Waals surface area contributed by atoms with Crippen LogP contribution in [0.25, 0.3) is 0 Å². The Morgan fingerprint density at radius 3 is 1.83 bits per heavy atom. The molecule has 0 fully saturated rings. The second-order valence-corrected chi connectivity index (χ2v) is 7.39. The molecule has 0 amide bonds. The van der Waals surface area contributed by atoms with Gasteiger partial charge < -0.3 is 8.68 Å². The fourth-order valence-corrected chi connectivity index (χ4v) is 6.06. The molecule has 0 saturated carbocycles. The molecule has 0 aliphatic heterocycles. The van der Waals surface area contributed by atoms with Crippen LogP contribution in [0.5, 0.6) is 0 Å². The lowest BCUT2D eigenvalue weighted by molar-refractivity contribution is 0.272. The molecule has 1 unspecified atom stereocenters. The largest absolute Gasteiger partial charge is 0.452 e. The second kappa shape index (κ2) is 5.91. The van der Waals surface area contributed by atoms with Crippen LogP contribution in [-0.2, 0) is 4.12 Å². The Morgan fingerprint density at radius 2 is 1.58 bits per heavy atom. The summed E-state index contributed by atoms with van der Waals surface area (Å²) in [7, 11) is -1.26. The van der Waals surface area contributed by atoms with Crippen molar-refractivity contribution in [2.45, 2.75) is 52.9 Å². The van der Waals surface area contributed by atoms with Crippen LogP contribution in [0.3, 0.4) is 0 Å². The molecule has 0 aliphatic carbocycles. The van der Waals surface area contributed by atoms with Crippen LogP contribution < -0.4 is 0 Å². The van der Waals surface area contributed by atoms with Gasteiger partial charge >= 0.3 is 0 Å². The number of nitrogens with zero attached hydrogens (tertiary/aromatic N) is 1. The minimum absolute atomic E-state index is 0.220. The van der Waals surface area contributed by atoms with Gasteiger partial charge in [-0.2, -0.15) is 0 Å². The van der Waals surface area contributed by atoms with E-state index in [9.17, 15) is 0 Å². The van der Waals surface area contributed by atoms with Gasteiger partial charge in [0.15, 0.2) is 0 Å². The van der Waals surface area contributed by atoms with Crippen molar-refractivity contribution >= 4 is 19.0 Å². The van der Waals surface area contributed by atoms with Gasteiger partial charge in [-0.15, -0.1) is 0 Å². The fourth-order valence-electron chi connectivity index (χ4n) is 1.76. The first-order valence-corrected chi connectivity index (χ1v) is 9.03. The molecule has 12 heavy (non-hydrogen) atoms. The topological polar surface area (TPSA) is 12.5 Å². The van der Waals surface area contributed by atoms with E-state index in [1.807, 2.05) is 0 Å².